The predicted molar refractivity (Wildman–Crippen MR) is 87.4 cm³/mol. The Labute approximate surface area is 127 Å². The number of likely N-dealkylation sites (tertiary alicyclic amines) is 1. The number of hydrogen-bond donors (Lipinski definition) is 2. The van der Waals surface area contributed by atoms with E-state index in [4.69, 9.17) is 5.73 Å². The van der Waals surface area contributed by atoms with Crippen molar-refractivity contribution in [3.8, 4) is 0 Å². The molecule has 0 spiro atoms. The first-order valence-electron chi connectivity index (χ1n) is 7.88. The van der Waals surface area contributed by atoms with Crippen LogP contribution in [0.5, 0.6) is 0 Å². The Bertz CT molecular complexity index is 479. The van der Waals surface area contributed by atoms with E-state index in [1.165, 1.54) is 5.56 Å². The van der Waals surface area contributed by atoms with Gasteiger partial charge in [0.1, 0.15) is 0 Å². The Kier molecular flexibility index (Phi) is 5.76. The molecule has 1 aromatic rings. The molecule has 1 fully saturated rings. The second kappa shape index (κ2) is 7.57. The summed E-state index contributed by atoms with van der Waals surface area (Å²) in [6, 6.07) is 6.10. The number of nitrogens with zero attached hydrogens (tertiary/aromatic N) is 1. The third-order valence-electron chi connectivity index (χ3n) is 4.31. The lowest BCUT2D eigenvalue weighted by Crippen LogP contribution is -2.39. The number of hydrogen-bond acceptors (Lipinski definition) is 3. The van der Waals surface area contributed by atoms with Crippen LogP contribution in [0.4, 0.5) is 5.69 Å². The van der Waals surface area contributed by atoms with E-state index in [9.17, 15) is 4.79 Å². The minimum Gasteiger partial charge on any atom is -0.330 e. The van der Waals surface area contributed by atoms with Crippen LogP contribution in [0.2, 0.25) is 0 Å². The van der Waals surface area contributed by atoms with Gasteiger partial charge in [-0.25, -0.2) is 0 Å². The zero-order valence-corrected chi connectivity index (χ0v) is 13.2. The summed E-state index contributed by atoms with van der Waals surface area (Å²) >= 11 is 0. The molecule has 0 saturated carbocycles. The zero-order chi connectivity index (χ0) is 15.2. The average molecular weight is 289 g/mol. The Hall–Kier alpha value is -1.39. The molecule has 1 amide bonds. The smallest absolute Gasteiger partial charge is 0.238 e. The number of aryl methyl sites for hydroxylation is 2. The fraction of sp³-hybridized carbons (Fsp3) is 0.588. The SMILES string of the molecule is Cc1ccc(NC(=O)CN2CCC(CCN)CC2)c(C)c1. The number of nitrogens with one attached hydrogen (secondary N) is 1. The molecule has 0 aromatic heterocycles. The molecule has 116 valence electrons. The molecule has 4 nitrogen and oxygen atoms in total. The quantitative estimate of drug-likeness (QED) is 0.874. The monoisotopic (exact) mass is 289 g/mol. The summed E-state index contributed by atoms with van der Waals surface area (Å²) < 4.78 is 0. The van der Waals surface area contributed by atoms with Crippen molar-refractivity contribution in [2.45, 2.75) is 33.1 Å². The fourth-order valence-corrected chi connectivity index (χ4v) is 3.02. The van der Waals surface area contributed by atoms with Crippen molar-refractivity contribution in [2.75, 3.05) is 31.5 Å². The number of nitrogens with two attached hydrogens (primary N) is 1. The number of carbonyl (C=O) groups excluding carboxylic acids is 1. The highest BCUT2D eigenvalue weighted by molar-refractivity contribution is 5.93. The van der Waals surface area contributed by atoms with Gasteiger partial charge in [-0.2, -0.15) is 0 Å². The Balaban J connectivity index is 1.80. The lowest BCUT2D eigenvalue weighted by Gasteiger charge is -2.31. The molecule has 3 N–H and O–H groups in total. The summed E-state index contributed by atoms with van der Waals surface area (Å²) in [4.78, 5) is 14.4. The van der Waals surface area contributed by atoms with Crippen molar-refractivity contribution in [3.05, 3.63) is 29.3 Å². The molecule has 1 saturated heterocycles. The Morgan fingerprint density at radius 2 is 2.05 bits per heavy atom. The third-order valence-corrected chi connectivity index (χ3v) is 4.31. The van der Waals surface area contributed by atoms with E-state index in [0.29, 0.717) is 6.54 Å². The number of carbonyl (C=O) groups is 1. The van der Waals surface area contributed by atoms with Crippen molar-refractivity contribution in [3.63, 3.8) is 0 Å². The summed E-state index contributed by atoms with van der Waals surface area (Å²) in [6.07, 6.45) is 3.44. The lowest BCUT2D eigenvalue weighted by molar-refractivity contribution is -0.117. The standard InChI is InChI=1S/C17H27N3O/c1-13-3-4-16(14(2)11-13)19-17(21)12-20-9-6-15(5-8-18)7-10-20/h3-4,11,15H,5-10,12,18H2,1-2H3,(H,19,21). The largest absolute Gasteiger partial charge is 0.330 e. The van der Waals surface area contributed by atoms with Crippen LogP contribution in [0.1, 0.15) is 30.4 Å². The highest BCUT2D eigenvalue weighted by Crippen LogP contribution is 2.20. The molecule has 1 aliphatic heterocycles. The van der Waals surface area contributed by atoms with Gasteiger partial charge in [0.25, 0.3) is 0 Å². The van der Waals surface area contributed by atoms with Crippen LogP contribution in [-0.4, -0.2) is 37.0 Å². The van der Waals surface area contributed by atoms with E-state index in [1.54, 1.807) is 0 Å². The maximum Gasteiger partial charge on any atom is 0.238 e. The van der Waals surface area contributed by atoms with Crippen molar-refractivity contribution < 1.29 is 4.79 Å². The predicted octanol–water partition coefficient (Wildman–Crippen LogP) is 2.30. The number of benzene rings is 1. The van der Waals surface area contributed by atoms with Gasteiger partial charge in [-0.1, -0.05) is 17.7 Å². The van der Waals surface area contributed by atoms with E-state index < -0.39 is 0 Å². The second-order valence-electron chi connectivity index (χ2n) is 6.16. The molecule has 0 radical (unpaired) electrons. The van der Waals surface area contributed by atoms with Gasteiger partial charge < -0.3 is 11.1 Å². The van der Waals surface area contributed by atoms with Crippen LogP contribution < -0.4 is 11.1 Å². The maximum absolute atomic E-state index is 12.2. The van der Waals surface area contributed by atoms with Gasteiger partial charge in [-0.05, 0) is 70.3 Å². The van der Waals surface area contributed by atoms with Crippen molar-refractivity contribution in [1.29, 1.82) is 0 Å². The van der Waals surface area contributed by atoms with Gasteiger partial charge in [-0.3, -0.25) is 9.69 Å². The summed E-state index contributed by atoms with van der Waals surface area (Å²) in [5, 5.41) is 3.02. The molecule has 1 aliphatic rings. The van der Waals surface area contributed by atoms with Gasteiger partial charge in [-0.15, -0.1) is 0 Å². The highest BCUT2D eigenvalue weighted by Gasteiger charge is 2.20. The first-order chi connectivity index (χ1) is 10.1. The number of amides is 1. The first kappa shape index (κ1) is 16.0. The summed E-state index contributed by atoms with van der Waals surface area (Å²) in [6.45, 7) is 7.36. The lowest BCUT2D eigenvalue weighted by atomic mass is 9.94. The molecule has 2 rings (SSSR count). The molecule has 0 unspecified atom stereocenters. The van der Waals surface area contributed by atoms with Crippen LogP contribution in [-0.2, 0) is 4.79 Å². The van der Waals surface area contributed by atoms with Gasteiger partial charge in [0.2, 0.25) is 5.91 Å². The van der Waals surface area contributed by atoms with Crippen LogP contribution in [0.3, 0.4) is 0 Å². The van der Waals surface area contributed by atoms with Crippen LogP contribution in [0.25, 0.3) is 0 Å². The van der Waals surface area contributed by atoms with Crippen molar-refractivity contribution in [2.24, 2.45) is 11.7 Å². The zero-order valence-electron chi connectivity index (χ0n) is 13.2. The number of rotatable bonds is 5. The van der Waals surface area contributed by atoms with Crippen LogP contribution in [0.15, 0.2) is 18.2 Å². The molecule has 0 aliphatic carbocycles. The third kappa shape index (κ3) is 4.83. The molecule has 21 heavy (non-hydrogen) atoms. The average Bonchev–Trinajstić information content (AvgIpc) is 2.44. The highest BCUT2D eigenvalue weighted by atomic mass is 16.2. The van der Waals surface area contributed by atoms with E-state index in [2.05, 4.69) is 23.2 Å². The van der Waals surface area contributed by atoms with Crippen LogP contribution in [0, 0.1) is 19.8 Å². The minimum absolute atomic E-state index is 0.0826. The van der Waals surface area contributed by atoms with Gasteiger partial charge in [0.15, 0.2) is 0 Å². The van der Waals surface area contributed by atoms with E-state index in [-0.39, 0.29) is 5.91 Å². The Morgan fingerprint density at radius 3 is 2.67 bits per heavy atom. The first-order valence-corrected chi connectivity index (χ1v) is 7.88. The van der Waals surface area contributed by atoms with Gasteiger partial charge in [0.05, 0.1) is 6.54 Å². The normalized spacial score (nSPS) is 16.9. The molecular formula is C17H27N3O. The topological polar surface area (TPSA) is 58.4 Å². The summed E-state index contributed by atoms with van der Waals surface area (Å²) in [7, 11) is 0. The fourth-order valence-electron chi connectivity index (χ4n) is 3.02. The summed E-state index contributed by atoms with van der Waals surface area (Å²) in [5.74, 6) is 0.827. The minimum atomic E-state index is 0.0826. The maximum atomic E-state index is 12.2. The van der Waals surface area contributed by atoms with Gasteiger partial charge >= 0.3 is 0 Å². The molecule has 0 bridgehead atoms. The summed E-state index contributed by atoms with van der Waals surface area (Å²) in [5.41, 5.74) is 8.86. The van der Waals surface area contributed by atoms with Crippen molar-refractivity contribution >= 4 is 11.6 Å². The van der Waals surface area contributed by atoms with Gasteiger partial charge in [0, 0.05) is 5.69 Å². The number of piperidine rings is 1. The van der Waals surface area contributed by atoms with E-state index in [0.717, 1.165) is 56.1 Å². The van der Waals surface area contributed by atoms with Crippen LogP contribution >= 0.6 is 0 Å². The Morgan fingerprint density at radius 1 is 1.33 bits per heavy atom. The molecule has 1 aromatic carbocycles. The molecule has 0 atom stereocenters. The van der Waals surface area contributed by atoms with E-state index >= 15 is 0 Å². The molecule has 4 heteroatoms. The number of anilines is 1. The molecular weight excluding hydrogens is 262 g/mol. The van der Waals surface area contributed by atoms with Crippen molar-refractivity contribution in [1.82, 2.24) is 4.90 Å². The molecule has 1 heterocycles. The second-order valence-corrected chi connectivity index (χ2v) is 6.16. The van der Waals surface area contributed by atoms with E-state index in [1.807, 2.05) is 19.1 Å².